The van der Waals surface area contributed by atoms with Gasteiger partial charge in [0.2, 0.25) is 11.8 Å². The number of methoxy groups -OCH3 is 1. The van der Waals surface area contributed by atoms with Crippen LogP contribution < -0.4 is 25.8 Å². The molecule has 150 valence electrons. The summed E-state index contributed by atoms with van der Waals surface area (Å²) in [5, 5.41) is 0.441. The minimum absolute atomic E-state index is 0.196. The van der Waals surface area contributed by atoms with Crippen LogP contribution in [0.2, 0.25) is 0 Å². The summed E-state index contributed by atoms with van der Waals surface area (Å²) < 4.78 is 11.2. The molecule has 1 aromatic carbocycles. The van der Waals surface area contributed by atoms with Crippen molar-refractivity contribution in [3.05, 3.63) is 29.1 Å². The fourth-order valence-electron chi connectivity index (χ4n) is 3.09. The number of thiophene rings is 1. The number of primary amides is 1. The standard InChI is InChI=1S/C19H19N5O4S/c1-27-11-2-4-12(5-3-11)28-17-13-14(20)15(16(21)26)29-18(13)23-19(22-17)24-8-6-10(25)7-9-24/h2-5H,6-9,20H2,1H3,(H2,21,26). The van der Waals surface area contributed by atoms with Crippen LogP contribution in [0.25, 0.3) is 10.2 Å². The molecule has 9 nitrogen and oxygen atoms in total. The van der Waals surface area contributed by atoms with Crippen LogP contribution in [0.3, 0.4) is 0 Å². The number of piperidine rings is 1. The number of amides is 1. The second kappa shape index (κ2) is 7.55. The molecule has 2 aromatic heterocycles. The van der Waals surface area contributed by atoms with Gasteiger partial charge in [0.05, 0.1) is 18.2 Å². The lowest BCUT2D eigenvalue weighted by Crippen LogP contribution is -2.34. The zero-order chi connectivity index (χ0) is 20.5. The highest BCUT2D eigenvalue weighted by atomic mass is 32.1. The van der Waals surface area contributed by atoms with Gasteiger partial charge in [-0.15, -0.1) is 11.3 Å². The smallest absolute Gasteiger partial charge is 0.260 e. The van der Waals surface area contributed by atoms with Gasteiger partial charge in [-0.1, -0.05) is 0 Å². The molecule has 1 aliphatic rings. The van der Waals surface area contributed by atoms with Crippen LogP contribution in [0.15, 0.2) is 24.3 Å². The van der Waals surface area contributed by atoms with E-state index in [0.717, 1.165) is 11.3 Å². The molecular formula is C19H19N5O4S. The van der Waals surface area contributed by atoms with Crippen LogP contribution in [0.5, 0.6) is 17.4 Å². The molecule has 4 N–H and O–H groups in total. The first-order valence-corrected chi connectivity index (χ1v) is 9.76. The van der Waals surface area contributed by atoms with Gasteiger partial charge in [-0.05, 0) is 24.3 Å². The minimum atomic E-state index is -0.633. The number of carbonyl (C=O) groups excluding carboxylic acids is 2. The third kappa shape index (κ3) is 3.66. The molecule has 0 unspecified atom stereocenters. The molecule has 3 aromatic rings. The summed E-state index contributed by atoms with van der Waals surface area (Å²) in [4.78, 5) is 35.0. The Kier molecular flexibility index (Phi) is 4.93. The van der Waals surface area contributed by atoms with E-state index in [1.807, 2.05) is 4.90 Å². The molecule has 0 radical (unpaired) electrons. The quantitative estimate of drug-likeness (QED) is 0.651. The van der Waals surface area contributed by atoms with Crippen molar-refractivity contribution in [2.75, 3.05) is 30.8 Å². The summed E-state index contributed by atoms with van der Waals surface area (Å²) in [5.41, 5.74) is 11.8. The van der Waals surface area contributed by atoms with Crippen LogP contribution in [0.1, 0.15) is 22.5 Å². The normalized spacial score (nSPS) is 14.2. The van der Waals surface area contributed by atoms with Gasteiger partial charge in [-0.3, -0.25) is 9.59 Å². The Hall–Kier alpha value is -3.40. The predicted octanol–water partition coefficient (Wildman–Crippen LogP) is 2.34. The maximum Gasteiger partial charge on any atom is 0.260 e. The molecule has 29 heavy (non-hydrogen) atoms. The molecule has 1 aliphatic heterocycles. The van der Waals surface area contributed by atoms with Gasteiger partial charge >= 0.3 is 0 Å². The SMILES string of the molecule is COc1ccc(Oc2nc(N3CCC(=O)CC3)nc3sc(C(N)=O)c(N)c23)cc1. The minimum Gasteiger partial charge on any atom is -0.497 e. The molecule has 4 rings (SSSR count). The van der Waals surface area contributed by atoms with Gasteiger partial charge in [0.1, 0.15) is 27.0 Å². The zero-order valence-electron chi connectivity index (χ0n) is 15.7. The molecule has 0 atom stereocenters. The Morgan fingerprint density at radius 3 is 2.41 bits per heavy atom. The summed E-state index contributed by atoms with van der Waals surface area (Å²) in [7, 11) is 1.58. The number of hydrogen-bond acceptors (Lipinski definition) is 9. The van der Waals surface area contributed by atoms with Crippen molar-refractivity contribution in [3.8, 4) is 17.4 Å². The number of anilines is 2. The van der Waals surface area contributed by atoms with Gasteiger partial charge in [-0.2, -0.15) is 4.98 Å². The maximum atomic E-state index is 11.8. The van der Waals surface area contributed by atoms with Crippen molar-refractivity contribution >= 4 is 44.9 Å². The number of nitrogen functional groups attached to an aromatic ring is 1. The van der Waals surface area contributed by atoms with Gasteiger partial charge in [-0.25, -0.2) is 4.98 Å². The summed E-state index contributed by atoms with van der Waals surface area (Å²) >= 11 is 1.10. The molecule has 1 amide bonds. The predicted molar refractivity (Wildman–Crippen MR) is 110 cm³/mol. The first kappa shape index (κ1) is 18.9. The van der Waals surface area contributed by atoms with Crippen LogP contribution in [0.4, 0.5) is 11.6 Å². The van der Waals surface area contributed by atoms with Crippen LogP contribution in [-0.2, 0) is 4.79 Å². The van der Waals surface area contributed by atoms with Crippen LogP contribution >= 0.6 is 11.3 Å². The topological polar surface area (TPSA) is 134 Å². The van der Waals surface area contributed by atoms with Crippen molar-refractivity contribution in [1.29, 1.82) is 0 Å². The number of nitrogens with zero attached hydrogens (tertiary/aromatic N) is 3. The summed E-state index contributed by atoms with van der Waals surface area (Å²) in [6.45, 7) is 1.05. The Balaban J connectivity index is 1.80. The first-order valence-electron chi connectivity index (χ1n) is 8.94. The van der Waals surface area contributed by atoms with E-state index in [0.29, 0.717) is 53.6 Å². The fraction of sp³-hybridized carbons (Fsp3) is 0.263. The molecule has 1 saturated heterocycles. The Labute approximate surface area is 170 Å². The van der Waals surface area contributed by atoms with E-state index in [1.54, 1.807) is 31.4 Å². The van der Waals surface area contributed by atoms with Gasteiger partial charge in [0.15, 0.2) is 0 Å². The lowest BCUT2D eigenvalue weighted by molar-refractivity contribution is -0.119. The second-order valence-electron chi connectivity index (χ2n) is 6.52. The van der Waals surface area contributed by atoms with E-state index in [2.05, 4.69) is 9.97 Å². The number of nitrogens with two attached hydrogens (primary N) is 2. The third-order valence-corrected chi connectivity index (χ3v) is 5.76. The van der Waals surface area contributed by atoms with Crippen LogP contribution in [-0.4, -0.2) is 41.9 Å². The molecule has 0 spiro atoms. The molecule has 0 bridgehead atoms. The van der Waals surface area contributed by atoms with Crippen molar-refractivity contribution in [3.63, 3.8) is 0 Å². The number of rotatable bonds is 5. The van der Waals surface area contributed by atoms with Crippen molar-refractivity contribution < 1.29 is 19.1 Å². The van der Waals surface area contributed by atoms with Crippen LogP contribution in [0, 0.1) is 0 Å². The Morgan fingerprint density at radius 2 is 1.79 bits per heavy atom. The molecule has 0 aliphatic carbocycles. The number of aromatic nitrogens is 2. The maximum absolute atomic E-state index is 11.8. The highest BCUT2D eigenvalue weighted by Gasteiger charge is 2.25. The van der Waals surface area contributed by atoms with Gasteiger partial charge < -0.3 is 25.8 Å². The number of Topliss-reactive ketones (excluding diaryl/α,β-unsaturated/α-hetero) is 1. The Bertz CT molecular complexity index is 1090. The van der Waals surface area contributed by atoms with Crippen molar-refractivity contribution in [2.24, 2.45) is 5.73 Å². The first-order chi connectivity index (χ1) is 14.0. The van der Waals surface area contributed by atoms with E-state index in [-0.39, 0.29) is 22.2 Å². The van der Waals surface area contributed by atoms with Crippen molar-refractivity contribution in [2.45, 2.75) is 12.8 Å². The average Bonchev–Trinajstić information content (AvgIpc) is 3.06. The number of ketones is 1. The van der Waals surface area contributed by atoms with E-state index in [4.69, 9.17) is 20.9 Å². The summed E-state index contributed by atoms with van der Waals surface area (Å²) in [5.74, 6) is 1.45. The molecular weight excluding hydrogens is 394 g/mol. The number of hydrogen-bond donors (Lipinski definition) is 2. The van der Waals surface area contributed by atoms with Gasteiger partial charge in [0, 0.05) is 25.9 Å². The lowest BCUT2D eigenvalue weighted by atomic mass is 10.1. The Morgan fingerprint density at radius 1 is 1.14 bits per heavy atom. The average molecular weight is 413 g/mol. The van der Waals surface area contributed by atoms with E-state index in [9.17, 15) is 9.59 Å². The number of carbonyl (C=O) groups is 2. The van der Waals surface area contributed by atoms with Crippen molar-refractivity contribution in [1.82, 2.24) is 9.97 Å². The molecule has 0 saturated carbocycles. The number of benzene rings is 1. The van der Waals surface area contributed by atoms with E-state index < -0.39 is 5.91 Å². The highest BCUT2D eigenvalue weighted by molar-refractivity contribution is 7.21. The second-order valence-corrected chi connectivity index (χ2v) is 7.52. The summed E-state index contributed by atoms with van der Waals surface area (Å²) in [6, 6.07) is 7.00. The lowest BCUT2D eigenvalue weighted by Gasteiger charge is -2.26. The molecule has 3 heterocycles. The van der Waals surface area contributed by atoms with E-state index in [1.165, 1.54) is 0 Å². The zero-order valence-corrected chi connectivity index (χ0v) is 16.5. The molecule has 10 heteroatoms. The van der Waals surface area contributed by atoms with E-state index >= 15 is 0 Å². The largest absolute Gasteiger partial charge is 0.497 e. The molecule has 1 fully saturated rings. The number of fused-ring (bicyclic) bond motifs is 1. The monoisotopic (exact) mass is 413 g/mol. The highest BCUT2D eigenvalue weighted by Crippen LogP contribution is 2.40. The number of ether oxygens (including phenoxy) is 2. The third-order valence-electron chi connectivity index (χ3n) is 4.65. The summed E-state index contributed by atoms with van der Waals surface area (Å²) in [6.07, 6.45) is 0.879. The fourth-order valence-corrected chi connectivity index (χ4v) is 4.02. The van der Waals surface area contributed by atoms with Gasteiger partial charge in [0.25, 0.3) is 5.91 Å².